The third kappa shape index (κ3) is 5.75. The van der Waals surface area contributed by atoms with Crippen molar-refractivity contribution in [2.75, 3.05) is 18.1 Å². The van der Waals surface area contributed by atoms with Gasteiger partial charge in [0, 0.05) is 17.7 Å². The fourth-order valence-electron chi connectivity index (χ4n) is 1.82. The van der Waals surface area contributed by atoms with Gasteiger partial charge in [0.25, 0.3) is 0 Å². The highest BCUT2D eigenvalue weighted by Gasteiger charge is 2.32. The number of benzene rings is 1. The van der Waals surface area contributed by atoms with E-state index in [2.05, 4.69) is 11.9 Å². The van der Waals surface area contributed by atoms with Gasteiger partial charge in [-0.15, -0.1) is 18.3 Å². The van der Waals surface area contributed by atoms with Gasteiger partial charge < -0.3 is 5.32 Å². The van der Waals surface area contributed by atoms with E-state index in [4.69, 9.17) is 0 Å². The highest BCUT2D eigenvalue weighted by Crippen LogP contribution is 2.32. The molecule has 1 N–H and O–H groups in total. The molecular formula is C16H20F3NOS. The van der Waals surface area contributed by atoms with Gasteiger partial charge >= 0.3 is 6.18 Å². The zero-order valence-electron chi connectivity index (χ0n) is 12.7. The molecule has 1 aromatic rings. The first-order chi connectivity index (χ1) is 10.2. The van der Waals surface area contributed by atoms with Crippen LogP contribution in [-0.2, 0) is 16.4 Å². The Labute approximate surface area is 133 Å². The van der Waals surface area contributed by atoms with Crippen LogP contribution in [0.3, 0.4) is 0 Å². The molecule has 6 heteroatoms. The molecule has 0 aliphatic heterocycles. The lowest BCUT2D eigenvalue weighted by Crippen LogP contribution is -2.37. The lowest BCUT2D eigenvalue weighted by Gasteiger charge is -2.26. The van der Waals surface area contributed by atoms with Crippen LogP contribution < -0.4 is 5.32 Å². The number of rotatable bonds is 7. The van der Waals surface area contributed by atoms with E-state index in [-0.39, 0.29) is 12.5 Å². The Balaban J connectivity index is 2.70. The van der Waals surface area contributed by atoms with Gasteiger partial charge in [-0.3, -0.25) is 4.79 Å². The average molecular weight is 331 g/mol. The van der Waals surface area contributed by atoms with Gasteiger partial charge in [0.2, 0.25) is 5.91 Å². The van der Waals surface area contributed by atoms with Crippen LogP contribution in [0.2, 0.25) is 0 Å². The molecule has 0 atom stereocenters. The fraction of sp³-hybridized carbons (Fsp3) is 0.438. The molecule has 0 aromatic heterocycles. The van der Waals surface area contributed by atoms with E-state index in [0.29, 0.717) is 17.1 Å². The molecule has 0 bridgehead atoms. The second-order valence-electron chi connectivity index (χ2n) is 5.54. The van der Waals surface area contributed by atoms with Crippen molar-refractivity contribution in [1.29, 1.82) is 0 Å². The molecule has 0 unspecified atom stereocenters. The Bertz CT molecular complexity index is 526. The van der Waals surface area contributed by atoms with Gasteiger partial charge in [-0.2, -0.15) is 13.2 Å². The van der Waals surface area contributed by atoms with Crippen molar-refractivity contribution in [2.24, 2.45) is 0 Å². The van der Waals surface area contributed by atoms with Crippen molar-refractivity contribution >= 4 is 17.7 Å². The maximum absolute atomic E-state index is 12.8. The first-order valence-electron chi connectivity index (χ1n) is 6.80. The number of halogens is 3. The first kappa shape index (κ1) is 18.6. The van der Waals surface area contributed by atoms with E-state index in [1.54, 1.807) is 26.0 Å². The molecule has 2 nitrogen and oxygen atoms in total. The number of carbonyl (C=O) groups is 1. The predicted molar refractivity (Wildman–Crippen MR) is 85.0 cm³/mol. The summed E-state index contributed by atoms with van der Waals surface area (Å²) in [6.07, 6.45) is -2.65. The molecule has 0 radical (unpaired) electrons. The summed E-state index contributed by atoms with van der Waals surface area (Å²) in [6, 6.07) is 5.22. The Morgan fingerprint density at radius 3 is 2.55 bits per heavy atom. The van der Waals surface area contributed by atoms with Gasteiger partial charge in [-0.05, 0) is 11.6 Å². The average Bonchev–Trinajstić information content (AvgIpc) is 2.45. The topological polar surface area (TPSA) is 29.1 Å². The molecule has 1 rings (SSSR count). The van der Waals surface area contributed by atoms with Crippen LogP contribution in [0.5, 0.6) is 0 Å². The number of hydrogen-bond donors (Lipinski definition) is 1. The van der Waals surface area contributed by atoms with Crippen molar-refractivity contribution in [2.45, 2.75) is 25.4 Å². The maximum atomic E-state index is 12.8. The van der Waals surface area contributed by atoms with Crippen LogP contribution in [0.4, 0.5) is 13.2 Å². The second-order valence-corrected chi connectivity index (χ2v) is 6.57. The Kier molecular flexibility index (Phi) is 6.53. The first-order valence-corrected chi connectivity index (χ1v) is 7.95. The third-order valence-electron chi connectivity index (χ3n) is 3.17. The summed E-state index contributed by atoms with van der Waals surface area (Å²) in [7, 11) is 0. The van der Waals surface area contributed by atoms with Crippen LogP contribution in [0.15, 0.2) is 36.9 Å². The van der Waals surface area contributed by atoms with Gasteiger partial charge in [0.15, 0.2) is 0 Å². The van der Waals surface area contributed by atoms with Crippen molar-refractivity contribution in [1.82, 2.24) is 5.32 Å². The number of nitrogens with one attached hydrogen (secondary N) is 1. The summed E-state index contributed by atoms with van der Waals surface area (Å²) in [6.45, 7) is 7.46. The van der Waals surface area contributed by atoms with Gasteiger partial charge in [-0.1, -0.05) is 38.1 Å². The van der Waals surface area contributed by atoms with E-state index in [1.807, 2.05) is 0 Å². The Morgan fingerprint density at radius 2 is 1.95 bits per heavy atom. The molecule has 1 amide bonds. The molecule has 0 spiro atoms. The van der Waals surface area contributed by atoms with Crippen LogP contribution in [0.25, 0.3) is 0 Å². The second kappa shape index (κ2) is 7.72. The molecule has 1 aromatic carbocycles. The molecule has 0 fully saturated rings. The zero-order valence-corrected chi connectivity index (χ0v) is 13.5. The van der Waals surface area contributed by atoms with Gasteiger partial charge in [-0.25, -0.2) is 0 Å². The summed E-state index contributed by atoms with van der Waals surface area (Å²) in [4.78, 5) is 11.7. The molecule has 0 saturated heterocycles. The van der Waals surface area contributed by atoms with Gasteiger partial charge in [0.05, 0.1) is 11.3 Å². The van der Waals surface area contributed by atoms with Gasteiger partial charge in [0.1, 0.15) is 0 Å². The summed E-state index contributed by atoms with van der Waals surface area (Å²) in [5.41, 5.74) is -0.715. The number of carbonyl (C=O) groups excluding carboxylic acids is 1. The SMILES string of the molecule is C=CCSCC(=O)NCC(C)(C)c1cccc(C(F)(F)F)c1. The lowest BCUT2D eigenvalue weighted by molar-refractivity contribution is -0.137. The monoisotopic (exact) mass is 331 g/mol. The van der Waals surface area contributed by atoms with Crippen molar-refractivity contribution in [3.63, 3.8) is 0 Å². The van der Waals surface area contributed by atoms with Crippen LogP contribution in [-0.4, -0.2) is 24.0 Å². The molecule has 122 valence electrons. The number of amides is 1. The van der Waals surface area contributed by atoms with Crippen LogP contribution in [0, 0.1) is 0 Å². The smallest absolute Gasteiger partial charge is 0.355 e. The minimum atomic E-state index is -4.36. The van der Waals surface area contributed by atoms with Crippen LogP contribution in [0.1, 0.15) is 25.0 Å². The molecule has 0 aliphatic carbocycles. The number of hydrogen-bond acceptors (Lipinski definition) is 2. The molecule has 0 saturated carbocycles. The third-order valence-corrected chi connectivity index (χ3v) is 4.11. The molecule has 0 heterocycles. The standard InChI is InChI=1S/C16H20F3NOS/c1-4-8-22-10-14(21)20-11-15(2,3)12-6-5-7-13(9-12)16(17,18)19/h4-7,9H,1,8,10-11H2,2-3H3,(H,20,21). The molecular weight excluding hydrogens is 311 g/mol. The van der Waals surface area contributed by atoms with Crippen LogP contribution >= 0.6 is 11.8 Å². The van der Waals surface area contributed by atoms with E-state index in [1.165, 1.54) is 17.8 Å². The highest BCUT2D eigenvalue weighted by atomic mass is 32.2. The lowest BCUT2D eigenvalue weighted by atomic mass is 9.83. The Morgan fingerprint density at radius 1 is 1.32 bits per heavy atom. The summed E-state index contributed by atoms with van der Waals surface area (Å²) in [5, 5.41) is 2.76. The van der Waals surface area contributed by atoms with E-state index in [0.717, 1.165) is 12.1 Å². The summed E-state index contributed by atoms with van der Waals surface area (Å²) >= 11 is 1.43. The van der Waals surface area contributed by atoms with Crippen molar-refractivity contribution < 1.29 is 18.0 Å². The Hall–Kier alpha value is -1.43. The van der Waals surface area contributed by atoms with Crippen molar-refractivity contribution in [3.8, 4) is 0 Å². The van der Waals surface area contributed by atoms with Crippen molar-refractivity contribution in [3.05, 3.63) is 48.0 Å². The summed E-state index contributed by atoms with van der Waals surface area (Å²) < 4.78 is 38.3. The van der Waals surface area contributed by atoms with E-state index >= 15 is 0 Å². The quantitative estimate of drug-likeness (QED) is 0.604. The number of alkyl halides is 3. The maximum Gasteiger partial charge on any atom is 0.416 e. The predicted octanol–water partition coefficient (Wildman–Crippen LogP) is 4.02. The summed E-state index contributed by atoms with van der Waals surface area (Å²) in [5.74, 6) is 0.863. The molecule has 0 aliphatic rings. The van der Waals surface area contributed by atoms with E-state index in [9.17, 15) is 18.0 Å². The minimum absolute atomic E-state index is 0.132. The highest BCUT2D eigenvalue weighted by molar-refractivity contribution is 8.00. The molecule has 22 heavy (non-hydrogen) atoms. The number of thioether (sulfide) groups is 1. The minimum Gasteiger partial charge on any atom is -0.355 e. The van der Waals surface area contributed by atoms with E-state index < -0.39 is 17.2 Å². The normalized spacial score (nSPS) is 12.0. The largest absolute Gasteiger partial charge is 0.416 e. The fourth-order valence-corrected chi connectivity index (χ4v) is 2.40. The zero-order chi connectivity index (χ0) is 16.8.